The molecule has 0 aromatic carbocycles. The molecule has 0 radical (unpaired) electrons. The number of hydrogen-bond acceptors (Lipinski definition) is 2. The van der Waals surface area contributed by atoms with E-state index in [-0.39, 0.29) is 0 Å². The lowest BCUT2D eigenvalue weighted by molar-refractivity contribution is 0.144. The van der Waals surface area contributed by atoms with Gasteiger partial charge in [0.15, 0.2) is 0 Å². The molecule has 1 rings (SSSR count). The van der Waals surface area contributed by atoms with E-state index in [0.717, 1.165) is 18.5 Å². The summed E-state index contributed by atoms with van der Waals surface area (Å²) < 4.78 is 0. The molecule has 2 heteroatoms. The summed E-state index contributed by atoms with van der Waals surface area (Å²) in [4.78, 5) is 2.63. The second-order valence-electron chi connectivity index (χ2n) is 8.07. The zero-order valence-corrected chi connectivity index (χ0v) is 14.8. The smallest absolute Gasteiger partial charge is 0.0128 e. The number of hydrogen-bond donors (Lipinski definition) is 1. The Labute approximate surface area is 127 Å². The Balaban J connectivity index is 2.41. The molecule has 0 spiro atoms. The highest BCUT2D eigenvalue weighted by Gasteiger charge is 2.26. The zero-order valence-electron chi connectivity index (χ0n) is 14.8. The third kappa shape index (κ3) is 6.13. The summed E-state index contributed by atoms with van der Waals surface area (Å²) in [6.45, 7) is 14.1. The molecule has 3 atom stereocenters. The number of nitrogens with one attached hydrogen (secondary N) is 1. The fourth-order valence-corrected chi connectivity index (χ4v) is 3.48. The summed E-state index contributed by atoms with van der Waals surface area (Å²) in [5, 5.41) is 3.75. The Morgan fingerprint density at radius 1 is 1.25 bits per heavy atom. The molecule has 0 heterocycles. The van der Waals surface area contributed by atoms with E-state index in [9.17, 15) is 0 Å². The van der Waals surface area contributed by atoms with Crippen molar-refractivity contribution in [3.8, 4) is 0 Å². The molecular formula is C18H38N2. The maximum Gasteiger partial charge on any atom is 0.0128 e. The van der Waals surface area contributed by atoms with Crippen molar-refractivity contribution < 1.29 is 0 Å². The SMILES string of the molecule is CCCNC(CCN(C)C1CCCC(C)C1)C(C)(C)C. The molecule has 0 aromatic rings. The van der Waals surface area contributed by atoms with Crippen molar-refractivity contribution >= 4 is 0 Å². The molecule has 20 heavy (non-hydrogen) atoms. The van der Waals surface area contributed by atoms with Gasteiger partial charge in [-0.15, -0.1) is 0 Å². The van der Waals surface area contributed by atoms with Crippen LogP contribution in [-0.2, 0) is 0 Å². The van der Waals surface area contributed by atoms with E-state index in [2.05, 4.69) is 51.9 Å². The zero-order chi connectivity index (χ0) is 15.2. The Morgan fingerprint density at radius 3 is 2.50 bits per heavy atom. The van der Waals surface area contributed by atoms with Crippen LogP contribution in [0.2, 0.25) is 0 Å². The summed E-state index contributed by atoms with van der Waals surface area (Å²) in [5.74, 6) is 0.924. The Hall–Kier alpha value is -0.0800. The van der Waals surface area contributed by atoms with Gasteiger partial charge in [-0.1, -0.05) is 47.5 Å². The van der Waals surface area contributed by atoms with Crippen LogP contribution in [0.5, 0.6) is 0 Å². The average Bonchev–Trinajstić information content (AvgIpc) is 2.37. The second kappa shape index (κ2) is 8.38. The van der Waals surface area contributed by atoms with Crippen molar-refractivity contribution in [1.82, 2.24) is 10.2 Å². The summed E-state index contributed by atoms with van der Waals surface area (Å²) in [5.41, 5.74) is 0.357. The average molecular weight is 283 g/mol. The monoisotopic (exact) mass is 282 g/mol. The summed E-state index contributed by atoms with van der Waals surface area (Å²) >= 11 is 0. The van der Waals surface area contributed by atoms with Gasteiger partial charge in [0.2, 0.25) is 0 Å². The van der Waals surface area contributed by atoms with Gasteiger partial charge >= 0.3 is 0 Å². The summed E-state index contributed by atoms with van der Waals surface area (Å²) in [7, 11) is 2.34. The standard InChI is InChI=1S/C18H38N2/c1-7-12-19-17(18(3,4)5)11-13-20(6)16-10-8-9-15(2)14-16/h15-17,19H,7-14H2,1-6H3. The van der Waals surface area contributed by atoms with E-state index in [4.69, 9.17) is 0 Å². The first kappa shape index (κ1) is 18.0. The van der Waals surface area contributed by atoms with E-state index >= 15 is 0 Å². The summed E-state index contributed by atoms with van der Waals surface area (Å²) in [6.07, 6.45) is 8.16. The van der Waals surface area contributed by atoms with Crippen LogP contribution in [0.1, 0.15) is 73.1 Å². The first-order valence-electron chi connectivity index (χ1n) is 8.78. The van der Waals surface area contributed by atoms with Gasteiger partial charge in [-0.25, -0.2) is 0 Å². The molecule has 0 amide bonds. The largest absolute Gasteiger partial charge is 0.313 e. The molecule has 0 aliphatic heterocycles. The highest BCUT2D eigenvalue weighted by Crippen LogP contribution is 2.28. The van der Waals surface area contributed by atoms with Gasteiger partial charge in [-0.2, -0.15) is 0 Å². The fraction of sp³-hybridized carbons (Fsp3) is 1.00. The van der Waals surface area contributed by atoms with Crippen molar-refractivity contribution in [2.45, 2.75) is 85.2 Å². The van der Waals surface area contributed by atoms with Gasteiger partial charge in [0.05, 0.1) is 0 Å². The molecule has 120 valence electrons. The van der Waals surface area contributed by atoms with Crippen LogP contribution < -0.4 is 5.32 Å². The van der Waals surface area contributed by atoms with E-state index < -0.39 is 0 Å². The quantitative estimate of drug-likeness (QED) is 0.749. The maximum absolute atomic E-state index is 3.75. The Morgan fingerprint density at radius 2 is 1.95 bits per heavy atom. The predicted octanol–water partition coefficient (Wildman–Crippen LogP) is 4.30. The highest BCUT2D eigenvalue weighted by molar-refractivity contribution is 4.83. The highest BCUT2D eigenvalue weighted by atomic mass is 15.1. The van der Waals surface area contributed by atoms with Crippen LogP contribution in [0, 0.1) is 11.3 Å². The lowest BCUT2D eigenvalue weighted by Gasteiger charge is -2.37. The minimum atomic E-state index is 0.357. The lowest BCUT2D eigenvalue weighted by atomic mass is 9.83. The Bertz CT molecular complexity index is 257. The van der Waals surface area contributed by atoms with Crippen LogP contribution in [0.4, 0.5) is 0 Å². The van der Waals surface area contributed by atoms with Crippen molar-refractivity contribution in [3.63, 3.8) is 0 Å². The van der Waals surface area contributed by atoms with Crippen molar-refractivity contribution in [3.05, 3.63) is 0 Å². The van der Waals surface area contributed by atoms with E-state index in [1.54, 1.807) is 0 Å². The molecule has 0 aromatic heterocycles. The van der Waals surface area contributed by atoms with Gasteiger partial charge in [0, 0.05) is 12.1 Å². The van der Waals surface area contributed by atoms with Gasteiger partial charge < -0.3 is 10.2 Å². The van der Waals surface area contributed by atoms with Gasteiger partial charge in [0.25, 0.3) is 0 Å². The first-order chi connectivity index (χ1) is 9.34. The topological polar surface area (TPSA) is 15.3 Å². The van der Waals surface area contributed by atoms with Crippen molar-refractivity contribution in [2.24, 2.45) is 11.3 Å². The van der Waals surface area contributed by atoms with E-state index in [1.165, 1.54) is 45.1 Å². The maximum atomic E-state index is 3.75. The third-order valence-electron chi connectivity index (χ3n) is 4.99. The molecule has 1 saturated carbocycles. The van der Waals surface area contributed by atoms with Crippen LogP contribution in [0.3, 0.4) is 0 Å². The van der Waals surface area contributed by atoms with Gasteiger partial charge in [-0.3, -0.25) is 0 Å². The third-order valence-corrected chi connectivity index (χ3v) is 4.99. The molecule has 3 unspecified atom stereocenters. The van der Waals surface area contributed by atoms with Crippen molar-refractivity contribution in [1.29, 1.82) is 0 Å². The van der Waals surface area contributed by atoms with Gasteiger partial charge in [-0.05, 0) is 57.2 Å². The molecular weight excluding hydrogens is 244 g/mol. The Kier molecular flexibility index (Phi) is 7.53. The fourth-order valence-electron chi connectivity index (χ4n) is 3.48. The van der Waals surface area contributed by atoms with Crippen molar-refractivity contribution in [2.75, 3.05) is 20.1 Å². The molecule has 0 saturated heterocycles. The van der Waals surface area contributed by atoms with Crippen LogP contribution in [-0.4, -0.2) is 37.1 Å². The lowest BCUT2D eigenvalue weighted by Crippen LogP contribution is -2.44. The molecule has 1 aliphatic carbocycles. The molecule has 0 bridgehead atoms. The predicted molar refractivity (Wildman–Crippen MR) is 90.2 cm³/mol. The normalized spacial score (nSPS) is 25.9. The first-order valence-corrected chi connectivity index (χ1v) is 8.78. The molecule has 2 nitrogen and oxygen atoms in total. The van der Waals surface area contributed by atoms with Crippen LogP contribution in [0.15, 0.2) is 0 Å². The summed E-state index contributed by atoms with van der Waals surface area (Å²) in [6, 6.07) is 1.46. The molecule has 1 fully saturated rings. The number of rotatable bonds is 7. The van der Waals surface area contributed by atoms with Crippen LogP contribution in [0.25, 0.3) is 0 Å². The minimum absolute atomic E-state index is 0.357. The molecule has 1 aliphatic rings. The van der Waals surface area contributed by atoms with Gasteiger partial charge in [0.1, 0.15) is 0 Å². The van der Waals surface area contributed by atoms with E-state index in [1.807, 2.05) is 0 Å². The second-order valence-corrected chi connectivity index (χ2v) is 8.07. The molecule has 1 N–H and O–H groups in total. The number of nitrogens with zero attached hydrogens (tertiary/aromatic N) is 1. The van der Waals surface area contributed by atoms with Crippen LogP contribution >= 0.6 is 0 Å². The van der Waals surface area contributed by atoms with E-state index in [0.29, 0.717) is 11.5 Å². The minimum Gasteiger partial charge on any atom is -0.313 e.